The van der Waals surface area contributed by atoms with Crippen LogP contribution in [0.4, 0.5) is 4.39 Å². The first-order chi connectivity index (χ1) is 10.5. The van der Waals surface area contributed by atoms with Gasteiger partial charge in [0.1, 0.15) is 5.82 Å². The Kier molecular flexibility index (Phi) is 4.92. The third-order valence-corrected chi connectivity index (χ3v) is 3.70. The minimum atomic E-state index is -1.19. The van der Waals surface area contributed by atoms with Crippen molar-refractivity contribution in [1.82, 2.24) is 5.32 Å². The number of hydrogen-bond acceptors (Lipinski definition) is 3. The molecule has 6 heteroatoms. The first-order valence-electron chi connectivity index (χ1n) is 6.98. The molecule has 1 atom stereocenters. The SMILES string of the molecule is C=CCOCC(NC(=O)C1(c2ccccc2F)CC1)C(=O)O. The standard InChI is InChI=1S/C16H18FNO4/c1-2-9-22-10-13(14(19)20)18-15(21)16(7-8-16)11-5-3-4-6-12(11)17/h2-6,13H,1,7-10H2,(H,18,21)(H,19,20). The highest BCUT2D eigenvalue weighted by Gasteiger charge is 2.53. The molecule has 2 N–H and O–H groups in total. The van der Waals surface area contributed by atoms with E-state index in [2.05, 4.69) is 11.9 Å². The van der Waals surface area contributed by atoms with Crippen molar-refractivity contribution in [2.75, 3.05) is 13.2 Å². The Morgan fingerprint density at radius 1 is 1.45 bits per heavy atom. The maximum atomic E-state index is 13.9. The molecule has 0 aromatic heterocycles. The molecule has 1 amide bonds. The quantitative estimate of drug-likeness (QED) is 0.565. The highest BCUT2D eigenvalue weighted by atomic mass is 19.1. The van der Waals surface area contributed by atoms with Crippen LogP contribution in [0, 0.1) is 5.82 Å². The second-order valence-electron chi connectivity index (χ2n) is 5.25. The average molecular weight is 307 g/mol. The van der Waals surface area contributed by atoms with Gasteiger partial charge in [-0.05, 0) is 18.9 Å². The maximum Gasteiger partial charge on any atom is 0.328 e. The van der Waals surface area contributed by atoms with Gasteiger partial charge in [-0.1, -0.05) is 24.3 Å². The van der Waals surface area contributed by atoms with Crippen molar-refractivity contribution in [2.45, 2.75) is 24.3 Å². The van der Waals surface area contributed by atoms with Gasteiger partial charge in [0.2, 0.25) is 5.91 Å². The second-order valence-corrected chi connectivity index (χ2v) is 5.25. The maximum absolute atomic E-state index is 13.9. The van der Waals surface area contributed by atoms with E-state index >= 15 is 0 Å². The number of nitrogens with one attached hydrogen (secondary N) is 1. The van der Waals surface area contributed by atoms with Gasteiger partial charge in [-0.25, -0.2) is 9.18 Å². The Morgan fingerprint density at radius 3 is 2.68 bits per heavy atom. The van der Waals surface area contributed by atoms with E-state index in [1.165, 1.54) is 12.1 Å². The van der Waals surface area contributed by atoms with Crippen molar-refractivity contribution in [2.24, 2.45) is 0 Å². The normalized spacial score (nSPS) is 16.6. The van der Waals surface area contributed by atoms with Gasteiger partial charge in [-0.2, -0.15) is 0 Å². The van der Waals surface area contributed by atoms with Crippen LogP contribution >= 0.6 is 0 Å². The van der Waals surface area contributed by atoms with E-state index in [1.54, 1.807) is 18.2 Å². The monoisotopic (exact) mass is 307 g/mol. The Hall–Kier alpha value is -2.21. The molecule has 0 heterocycles. The lowest BCUT2D eigenvalue weighted by Gasteiger charge is -2.20. The summed E-state index contributed by atoms with van der Waals surface area (Å²) in [6, 6.07) is 4.90. The summed E-state index contributed by atoms with van der Waals surface area (Å²) >= 11 is 0. The summed E-state index contributed by atoms with van der Waals surface area (Å²) < 4.78 is 19.0. The molecule has 0 aliphatic heterocycles. The zero-order chi connectivity index (χ0) is 16.2. The fourth-order valence-corrected chi connectivity index (χ4v) is 2.33. The number of carboxylic acids is 1. The number of benzene rings is 1. The molecule has 1 aromatic rings. The van der Waals surface area contributed by atoms with Gasteiger partial charge in [-0.15, -0.1) is 6.58 Å². The van der Waals surface area contributed by atoms with Gasteiger partial charge in [0.25, 0.3) is 0 Å². The number of amides is 1. The van der Waals surface area contributed by atoms with E-state index in [4.69, 9.17) is 9.84 Å². The van der Waals surface area contributed by atoms with Crippen LogP contribution in [0.25, 0.3) is 0 Å². The van der Waals surface area contributed by atoms with Crippen LogP contribution in [0.5, 0.6) is 0 Å². The zero-order valence-corrected chi connectivity index (χ0v) is 12.0. The topological polar surface area (TPSA) is 75.6 Å². The van der Waals surface area contributed by atoms with Crippen molar-refractivity contribution >= 4 is 11.9 Å². The molecule has 1 aliphatic carbocycles. The lowest BCUT2D eigenvalue weighted by molar-refractivity contribution is -0.143. The van der Waals surface area contributed by atoms with Crippen molar-refractivity contribution < 1.29 is 23.8 Å². The minimum Gasteiger partial charge on any atom is -0.480 e. The summed E-state index contributed by atoms with van der Waals surface area (Å²) in [4.78, 5) is 23.6. The fraction of sp³-hybridized carbons (Fsp3) is 0.375. The van der Waals surface area contributed by atoms with Crippen LogP contribution in [-0.2, 0) is 19.7 Å². The molecule has 1 unspecified atom stereocenters. The van der Waals surface area contributed by atoms with Crippen molar-refractivity contribution in [3.05, 3.63) is 48.3 Å². The molecule has 1 aliphatic rings. The Bertz CT molecular complexity index is 583. The fourth-order valence-electron chi connectivity index (χ4n) is 2.33. The minimum absolute atomic E-state index is 0.166. The van der Waals surface area contributed by atoms with Crippen LogP contribution in [-0.4, -0.2) is 36.2 Å². The molecule has 0 radical (unpaired) electrons. The van der Waals surface area contributed by atoms with Crippen LogP contribution in [0.3, 0.4) is 0 Å². The van der Waals surface area contributed by atoms with E-state index in [1.807, 2.05) is 0 Å². The van der Waals surface area contributed by atoms with E-state index in [0.717, 1.165) is 0 Å². The smallest absolute Gasteiger partial charge is 0.328 e. The Morgan fingerprint density at radius 2 is 2.14 bits per heavy atom. The molecule has 1 fully saturated rings. The molecule has 22 heavy (non-hydrogen) atoms. The van der Waals surface area contributed by atoms with Gasteiger partial charge in [0.05, 0.1) is 18.6 Å². The largest absolute Gasteiger partial charge is 0.480 e. The first kappa shape index (κ1) is 16.2. The van der Waals surface area contributed by atoms with E-state index in [9.17, 15) is 14.0 Å². The molecule has 118 valence electrons. The molecule has 5 nitrogen and oxygen atoms in total. The van der Waals surface area contributed by atoms with Crippen molar-refractivity contribution in [1.29, 1.82) is 0 Å². The molecule has 2 rings (SSSR count). The number of aliphatic carboxylic acids is 1. The summed E-state index contributed by atoms with van der Waals surface area (Å²) in [5.41, 5.74) is -0.652. The predicted octanol–water partition coefficient (Wildman–Crippen LogP) is 1.63. The van der Waals surface area contributed by atoms with Crippen LogP contribution in [0.15, 0.2) is 36.9 Å². The number of carbonyl (C=O) groups is 2. The summed E-state index contributed by atoms with van der Waals surface area (Å²) in [6.07, 6.45) is 2.49. The van der Waals surface area contributed by atoms with Gasteiger partial charge in [0, 0.05) is 5.56 Å². The van der Waals surface area contributed by atoms with Crippen LogP contribution in [0.1, 0.15) is 18.4 Å². The van der Waals surface area contributed by atoms with E-state index in [0.29, 0.717) is 18.4 Å². The molecular weight excluding hydrogens is 289 g/mol. The summed E-state index contributed by atoms with van der Waals surface area (Å²) in [5.74, 6) is -2.13. The summed E-state index contributed by atoms with van der Waals surface area (Å²) in [7, 11) is 0. The Labute approximate surface area is 127 Å². The first-order valence-corrected chi connectivity index (χ1v) is 6.98. The number of halogens is 1. The third-order valence-electron chi connectivity index (χ3n) is 3.70. The van der Waals surface area contributed by atoms with Crippen molar-refractivity contribution in [3.63, 3.8) is 0 Å². The lowest BCUT2D eigenvalue weighted by Crippen LogP contribution is -2.48. The highest BCUT2D eigenvalue weighted by molar-refractivity contribution is 5.94. The van der Waals surface area contributed by atoms with E-state index in [-0.39, 0.29) is 13.2 Å². The lowest BCUT2D eigenvalue weighted by atomic mass is 9.94. The van der Waals surface area contributed by atoms with E-state index < -0.39 is 29.2 Å². The predicted molar refractivity (Wildman–Crippen MR) is 77.9 cm³/mol. The highest BCUT2D eigenvalue weighted by Crippen LogP contribution is 2.49. The van der Waals surface area contributed by atoms with Crippen LogP contribution < -0.4 is 5.32 Å². The molecule has 1 saturated carbocycles. The van der Waals surface area contributed by atoms with Gasteiger partial charge >= 0.3 is 5.97 Å². The Balaban J connectivity index is 2.08. The molecule has 0 bridgehead atoms. The zero-order valence-electron chi connectivity index (χ0n) is 12.0. The summed E-state index contributed by atoms with van der Waals surface area (Å²) in [5, 5.41) is 11.6. The average Bonchev–Trinajstić information content (AvgIpc) is 3.28. The van der Waals surface area contributed by atoms with Gasteiger partial charge in [-0.3, -0.25) is 4.79 Å². The number of carboxylic acid groups (broad SMARTS) is 1. The molecular formula is C16H18FNO4. The summed E-state index contributed by atoms with van der Waals surface area (Å²) in [6.45, 7) is 3.49. The third kappa shape index (κ3) is 3.33. The number of rotatable bonds is 8. The van der Waals surface area contributed by atoms with Crippen molar-refractivity contribution in [3.8, 4) is 0 Å². The van der Waals surface area contributed by atoms with Gasteiger partial charge < -0.3 is 15.2 Å². The number of hydrogen-bond donors (Lipinski definition) is 2. The molecule has 0 saturated heterocycles. The van der Waals surface area contributed by atoms with Crippen LogP contribution in [0.2, 0.25) is 0 Å². The number of ether oxygens (including phenoxy) is 1. The van der Waals surface area contributed by atoms with Gasteiger partial charge in [0.15, 0.2) is 6.04 Å². The molecule has 1 aromatic carbocycles. The second kappa shape index (κ2) is 6.70. The number of carbonyl (C=O) groups excluding carboxylic acids is 1. The molecule has 0 spiro atoms.